The summed E-state index contributed by atoms with van der Waals surface area (Å²) in [6, 6.07) is 12.1. The number of benzene rings is 2. The smallest absolute Gasteiger partial charge is 0.147 e. The molecule has 0 spiro atoms. The summed E-state index contributed by atoms with van der Waals surface area (Å²) in [5.41, 5.74) is 1.86. The number of halogens is 2. The third kappa shape index (κ3) is 2.25. The Morgan fingerprint density at radius 2 is 1.95 bits per heavy atom. The fraction of sp³-hybridized carbons (Fsp3) is 0.188. The van der Waals surface area contributed by atoms with Crippen LogP contribution in [0.25, 0.3) is 16.7 Å². The summed E-state index contributed by atoms with van der Waals surface area (Å²) in [4.78, 5) is 4.54. The summed E-state index contributed by atoms with van der Waals surface area (Å²) in [5.74, 6) is 0.903. The quantitative estimate of drug-likeness (QED) is 0.667. The summed E-state index contributed by atoms with van der Waals surface area (Å²) >= 11 is 6.23. The van der Waals surface area contributed by atoms with E-state index in [0.29, 0.717) is 22.8 Å². The molecular weight excluding hydrogens is 291 g/mol. The minimum Gasteiger partial charge on any atom is -0.494 e. The van der Waals surface area contributed by atoms with Crippen LogP contribution in [0, 0.1) is 5.82 Å². The van der Waals surface area contributed by atoms with Gasteiger partial charge in [0.2, 0.25) is 0 Å². The van der Waals surface area contributed by atoms with Crippen molar-refractivity contribution in [2.24, 2.45) is 0 Å². The second-order valence-electron chi connectivity index (χ2n) is 4.70. The average Bonchev–Trinajstić information content (AvgIpc) is 2.87. The van der Waals surface area contributed by atoms with Crippen LogP contribution in [0.2, 0.25) is 0 Å². The SMILES string of the molecule is COc1cccc2c1nc(C(C)Cl)n2-c1ccccc1F. The van der Waals surface area contributed by atoms with E-state index < -0.39 is 0 Å². The maximum atomic E-state index is 14.2. The molecule has 108 valence electrons. The molecule has 0 aliphatic carbocycles. The Bertz CT molecular complexity index is 798. The van der Waals surface area contributed by atoms with Crippen molar-refractivity contribution in [1.29, 1.82) is 0 Å². The molecule has 0 saturated heterocycles. The van der Waals surface area contributed by atoms with Crippen LogP contribution in [0.1, 0.15) is 18.1 Å². The number of fused-ring (bicyclic) bond motifs is 1. The van der Waals surface area contributed by atoms with Gasteiger partial charge < -0.3 is 4.74 Å². The Hall–Kier alpha value is -2.07. The number of hydrogen-bond donors (Lipinski definition) is 0. The molecule has 2 aromatic carbocycles. The Kier molecular flexibility index (Phi) is 3.55. The van der Waals surface area contributed by atoms with Gasteiger partial charge in [-0.05, 0) is 31.2 Å². The normalized spacial score (nSPS) is 12.6. The van der Waals surface area contributed by atoms with Gasteiger partial charge in [-0.2, -0.15) is 0 Å². The van der Waals surface area contributed by atoms with Gasteiger partial charge in [0.15, 0.2) is 0 Å². The molecule has 1 heterocycles. The number of methoxy groups -OCH3 is 1. The molecule has 0 saturated carbocycles. The van der Waals surface area contributed by atoms with E-state index >= 15 is 0 Å². The molecule has 1 aromatic heterocycles. The lowest BCUT2D eigenvalue weighted by molar-refractivity contribution is 0.419. The van der Waals surface area contributed by atoms with Crippen LogP contribution in [0.3, 0.4) is 0 Å². The summed E-state index contributed by atoms with van der Waals surface area (Å²) in [6.45, 7) is 1.81. The molecule has 3 nitrogen and oxygen atoms in total. The van der Waals surface area contributed by atoms with Gasteiger partial charge >= 0.3 is 0 Å². The van der Waals surface area contributed by atoms with Crippen molar-refractivity contribution in [1.82, 2.24) is 9.55 Å². The third-order valence-corrected chi connectivity index (χ3v) is 3.54. The maximum absolute atomic E-state index is 14.2. The minimum atomic E-state index is -0.360. The van der Waals surface area contributed by atoms with Crippen molar-refractivity contribution in [2.75, 3.05) is 7.11 Å². The summed E-state index contributed by atoms with van der Waals surface area (Å²) < 4.78 is 21.3. The first-order chi connectivity index (χ1) is 10.1. The highest BCUT2D eigenvalue weighted by molar-refractivity contribution is 6.20. The topological polar surface area (TPSA) is 27.1 Å². The van der Waals surface area contributed by atoms with Crippen molar-refractivity contribution >= 4 is 22.6 Å². The highest BCUT2D eigenvalue weighted by atomic mass is 35.5. The number of nitrogens with zero attached hydrogens (tertiary/aromatic N) is 2. The second-order valence-corrected chi connectivity index (χ2v) is 5.36. The highest BCUT2D eigenvalue weighted by Crippen LogP contribution is 2.33. The van der Waals surface area contributed by atoms with Crippen LogP contribution in [-0.2, 0) is 0 Å². The first-order valence-corrected chi connectivity index (χ1v) is 7.01. The van der Waals surface area contributed by atoms with Gasteiger partial charge in [0.05, 0.1) is 23.7 Å². The predicted molar refractivity (Wildman–Crippen MR) is 81.8 cm³/mol. The van der Waals surface area contributed by atoms with Crippen LogP contribution in [-0.4, -0.2) is 16.7 Å². The Balaban J connectivity index is 2.40. The molecule has 1 atom stereocenters. The van der Waals surface area contributed by atoms with E-state index in [-0.39, 0.29) is 11.2 Å². The lowest BCUT2D eigenvalue weighted by Crippen LogP contribution is -2.03. The van der Waals surface area contributed by atoms with Crippen LogP contribution >= 0.6 is 11.6 Å². The third-order valence-electron chi connectivity index (χ3n) is 3.34. The first kappa shape index (κ1) is 13.9. The molecule has 5 heteroatoms. The van der Waals surface area contributed by atoms with E-state index in [9.17, 15) is 4.39 Å². The fourth-order valence-corrected chi connectivity index (χ4v) is 2.56. The molecule has 0 aliphatic rings. The number of hydrogen-bond acceptors (Lipinski definition) is 2. The van der Waals surface area contributed by atoms with Crippen LogP contribution in [0.5, 0.6) is 5.75 Å². The number of para-hydroxylation sites is 2. The molecule has 0 fully saturated rings. The largest absolute Gasteiger partial charge is 0.494 e. The van der Waals surface area contributed by atoms with Crippen molar-refractivity contribution < 1.29 is 9.13 Å². The number of ether oxygens (including phenoxy) is 1. The van der Waals surface area contributed by atoms with Crippen molar-refractivity contribution in [3.63, 3.8) is 0 Å². The standard InChI is InChI=1S/C16H14ClFN2O/c1-10(17)16-19-15-13(8-5-9-14(15)21-2)20(16)12-7-4-3-6-11(12)18/h3-10H,1-2H3. The summed E-state index contributed by atoms with van der Waals surface area (Å²) in [7, 11) is 1.58. The zero-order chi connectivity index (χ0) is 15.0. The van der Waals surface area contributed by atoms with Gasteiger partial charge in [-0.15, -0.1) is 11.6 Å². The molecule has 0 amide bonds. The van der Waals surface area contributed by atoms with Crippen molar-refractivity contribution in [2.45, 2.75) is 12.3 Å². The Morgan fingerprint density at radius 1 is 1.19 bits per heavy atom. The van der Waals surface area contributed by atoms with Gasteiger partial charge in [-0.25, -0.2) is 9.37 Å². The van der Waals surface area contributed by atoms with E-state index in [2.05, 4.69) is 4.98 Å². The molecule has 21 heavy (non-hydrogen) atoms. The number of rotatable bonds is 3. The van der Waals surface area contributed by atoms with Gasteiger partial charge in [-0.3, -0.25) is 4.57 Å². The number of aromatic nitrogens is 2. The molecule has 0 bridgehead atoms. The van der Waals surface area contributed by atoms with Crippen molar-refractivity contribution in [3.8, 4) is 11.4 Å². The van der Waals surface area contributed by atoms with E-state index in [1.807, 2.05) is 25.1 Å². The fourth-order valence-electron chi connectivity index (χ4n) is 2.41. The number of alkyl halides is 1. The van der Waals surface area contributed by atoms with E-state index in [1.54, 1.807) is 29.9 Å². The van der Waals surface area contributed by atoms with Gasteiger partial charge in [0.25, 0.3) is 0 Å². The average molecular weight is 305 g/mol. The summed E-state index contributed by atoms with van der Waals surface area (Å²) in [5, 5.41) is -0.360. The molecular formula is C16H14ClFN2O. The molecule has 3 rings (SSSR count). The minimum absolute atomic E-state index is 0.321. The molecule has 0 N–H and O–H groups in total. The van der Waals surface area contributed by atoms with Crippen LogP contribution < -0.4 is 4.74 Å². The van der Waals surface area contributed by atoms with Gasteiger partial charge in [-0.1, -0.05) is 18.2 Å². The van der Waals surface area contributed by atoms with Crippen LogP contribution in [0.4, 0.5) is 4.39 Å². The zero-order valence-corrected chi connectivity index (χ0v) is 12.4. The highest BCUT2D eigenvalue weighted by Gasteiger charge is 2.20. The molecule has 0 aliphatic heterocycles. The van der Waals surface area contributed by atoms with E-state index in [1.165, 1.54) is 6.07 Å². The van der Waals surface area contributed by atoms with Crippen LogP contribution in [0.15, 0.2) is 42.5 Å². The number of imidazole rings is 1. The molecule has 0 radical (unpaired) electrons. The predicted octanol–water partition coefficient (Wildman–Crippen LogP) is 4.47. The maximum Gasteiger partial charge on any atom is 0.147 e. The Labute approximate surface area is 126 Å². The zero-order valence-electron chi connectivity index (χ0n) is 11.7. The second kappa shape index (κ2) is 5.37. The monoisotopic (exact) mass is 304 g/mol. The lowest BCUT2D eigenvalue weighted by Gasteiger charge is -2.11. The first-order valence-electron chi connectivity index (χ1n) is 6.57. The molecule has 1 unspecified atom stereocenters. The van der Waals surface area contributed by atoms with Gasteiger partial charge in [0.1, 0.15) is 22.9 Å². The van der Waals surface area contributed by atoms with Crippen molar-refractivity contribution in [3.05, 3.63) is 54.1 Å². The lowest BCUT2D eigenvalue weighted by atomic mass is 10.2. The van der Waals surface area contributed by atoms with Gasteiger partial charge in [0, 0.05) is 0 Å². The molecule has 3 aromatic rings. The summed E-state index contributed by atoms with van der Waals surface area (Å²) in [6.07, 6.45) is 0. The van der Waals surface area contributed by atoms with E-state index in [0.717, 1.165) is 5.52 Å². The Morgan fingerprint density at radius 3 is 2.62 bits per heavy atom. The van der Waals surface area contributed by atoms with E-state index in [4.69, 9.17) is 16.3 Å².